The van der Waals surface area contributed by atoms with Gasteiger partial charge in [-0.3, -0.25) is 0 Å². The van der Waals surface area contributed by atoms with Gasteiger partial charge in [0.1, 0.15) is 0 Å². The van der Waals surface area contributed by atoms with Crippen molar-refractivity contribution in [3.8, 4) is 5.69 Å². The third-order valence-corrected chi connectivity index (χ3v) is 5.05. The van der Waals surface area contributed by atoms with E-state index < -0.39 is 0 Å². The molecule has 1 fully saturated rings. The molecular weight excluding hydrogens is 338 g/mol. The van der Waals surface area contributed by atoms with Crippen molar-refractivity contribution in [2.75, 3.05) is 0 Å². The lowest BCUT2D eigenvalue weighted by molar-refractivity contribution is 0.334. The summed E-state index contributed by atoms with van der Waals surface area (Å²) in [6.45, 7) is 2.24. The van der Waals surface area contributed by atoms with Crippen LogP contribution in [0.1, 0.15) is 37.9 Å². The van der Waals surface area contributed by atoms with Crippen molar-refractivity contribution in [1.29, 1.82) is 0 Å². The minimum atomic E-state index is 0.365. The van der Waals surface area contributed by atoms with Crippen LogP contribution in [0.4, 0.5) is 0 Å². The SMILES string of the molecule is CC1CCCC(c2cncn2-c2ccc(Br)c(Cl)c2)N1. The van der Waals surface area contributed by atoms with Crippen LogP contribution in [-0.4, -0.2) is 15.6 Å². The van der Waals surface area contributed by atoms with Gasteiger partial charge in [0.2, 0.25) is 0 Å². The molecule has 1 N–H and O–H groups in total. The summed E-state index contributed by atoms with van der Waals surface area (Å²) in [5, 5.41) is 4.37. The van der Waals surface area contributed by atoms with Gasteiger partial charge in [0, 0.05) is 22.2 Å². The summed E-state index contributed by atoms with van der Waals surface area (Å²) in [6.07, 6.45) is 7.46. The molecular formula is C15H17BrClN3. The molecule has 106 valence electrons. The zero-order valence-corrected chi connectivity index (χ0v) is 13.7. The van der Waals surface area contributed by atoms with E-state index in [1.165, 1.54) is 18.5 Å². The summed E-state index contributed by atoms with van der Waals surface area (Å²) in [5.41, 5.74) is 2.25. The molecule has 3 rings (SSSR count). The fourth-order valence-corrected chi connectivity index (χ4v) is 3.21. The van der Waals surface area contributed by atoms with E-state index in [0.717, 1.165) is 16.6 Å². The molecule has 2 heterocycles. The second kappa shape index (κ2) is 5.88. The number of nitrogens with zero attached hydrogens (tertiary/aromatic N) is 2. The summed E-state index contributed by atoms with van der Waals surface area (Å²) in [4.78, 5) is 4.32. The van der Waals surface area contributed by atoms with Crippen LogP contribution in [0.5, 0.6) is 0 Å². The maximum atomic E-state index is 6.20. The first-order valence-electron chi connectivity index (χ1n) is 6.89. The number of hydrogen-bond acceptors (Lipinski definition) is 2. The van der Waals surface area contributed by atoms with Crippen LogP contribution in [-0.2, 0) is 0 Å². The highest BCUT2D eigenvalue weighted by Crippen LogP contribution is 2.29. The molecule has 0 spiro atoms. The van der Waals surface area contributed by atoms with Crippen molar-refractivity contribution in [3.05, 3.63) is 45.9 Å². The van der Waals surface area contributed by atoms with Gasteiger partial charge in [0.05, 0.1) is 23.2 Å². The maximum absolute atomic E-state index is 6.20. The summed E-state index contributed by atoms with van der Waals surface area (Å²) in [7, 11) is 0. The zero-order chi connectivity index (χ0) is 14.1. The number of imidazole rings is 1. The molecule has 2 unspecified atom stereocenters. The number of hydrogen-bond donors (Lipinski definition) is 1. The smallest absolute Gasteiger partial charge is 0.0994 e. The van der Waals surface area contributed by atoms with E-state index in [1.807, 2.05) is 30.7 Å². The maximum Gasteiger partial charge on any atom is 0.0994 e. The van der Waals surface area contributed by atoms with E-state index >= 15 is 0 Å². The Morgan fingerprint density at radius 3 is 3.00 bits per heavy atom. The second-order valence-electron chi connectivity index (χ2n) is 5.34. The topological polar surface area (TPSA) is 29.9 Å². The van der Waals surface area contributed by atoms with Crippen LogP contribution in [0.2, 0.25) is 5.02 Å². The van der Waals surface area contributed by atoms with Crippen molar-refractivity contribution < 1.29 is 0 Å². The molecule has 0 saturated carbocycles. The quantitative estimate of drug-likeness (QED) is 0.861. The highest BCUT2D eigenvalue weighted by Gasteiger charge is 2.22. The zero-order valence-electron chi connectivity index (χ0n) is 11.3. The van der Waals surface area contributed by atoms with Crippen LogP contribution in [0, 0.1) is 0 Å². The Balaban J connectivity index is 1.95. The lowest BCUT2D eigenvalue weighted by Gasteiger charge is -2.29. The van der Waals surface area contributed by atoms with Gasteiger partial charge in [-0.25, -0.2) is 4.98 Å². The van der Waals surface area contributed by atoms with Gasteiger partial charge >= 0.3 is 0 Å². The molecule has 1 aromatic carbocycles. The first kappa shape index (κ1) is 14.1. The van der Waals surface area contributed by atoms with Crippen molar-refractivity contribution in [2.24, 2.45) is 0 Å². The number of aromatic nitrogens is 2. The normalized spacial score (nSPS) is 22.9. The van der Waals surface area contributed by atoms with Crippen molar-refractivity contribution in [2.45, 2.75) is 38.3 Å². The van der Waals surface area contributed by atoms with Gasteiger partial charge in [-0.05, 0) is 60.3 Å². The number of benzene rings is 1. The number of nitrogens with one attached hydrogen (secondary N) is 1. The van der Waals surface area contributed by atoms with Crippen molar-refractivity contribution >= 4 is 27.5 Å². The Hall–Kier alpha value is -0.840. The second-order valence-corrected chi connectivity index (χ2v) is 6.60. The molecule has 1 saturated heterocycles. The van der Waals surface area contributed by atoms with Gasteiger partial charge in [0.25, 0.3) is 0 Å². The average Bonchev–Trinajstić information content (AvgIpc) is 2.91. The first-order chi connectivity index (χ1) is 9.65. The fourth-order valence-electron chi connectivity index (χ4n) is 2.79. The lowest BCUT2D eigenvalue weighted by atomic mass is 9.97. The Bertz CT molecular complexity index is 611. The lowest BCUT2D eigenvalue weighted by Crippen LogP contribution is -2.35. The standard InChI is InChI=1S/C15H17BrClN3/c1-10-3-2-4-14(19-10)15-8-18-9-20(15)11-5-6-12(16)13(17)7-11/h5-10,14,19H,2-4H2,1H3. The summed E-state index contributed by atoms with van der Waals surface area (Å²) in [6, 6.07) is 6.91. The monoisotopic (exact) mass is 353 g/mol. The molecule has 2 aromatic rings. The molecule has 1 aliphatic rings. The van der Waals surface area contributed by atoms with E-state index in [4.69, 9.17) is 11.6 Å². The predicted molar refractivity (Wildman–Crippen MR) is 85.5 cm³/mol. The minimum Gasteiger partial charge on any atom is -0.306 e. The molecule has 0 bridgehead atoms. The number of piperidine rings is 1. The number of halogens is 2. The van der Waals surface area contributed by atoms with Crippen LogP contribution in [0.3, 0.4) is 0 Å². The highest BCUT2D eigenvalue weighted by atomic mass is 79.9. The van der Waals surface area contributed by atoms with Crippen LogP contribution in [0.25, 0.3) is 5.69 Å². The minimum absolute atomic E-state index is 0.365. The van der Waals surface area contributed by atoms with E-state index in [9.17, 15) is 0 Å². The summed E-state index contributed by atoms with van der Waals surface area (Å²) in [5.74, 6) is 0. The van der Waals surface area contributed by atoms with Crippen LogP contribution < -0.4 is 5.32 Å². The average molecular weight is 355 g/mol. The molecule has 2 atom stereocenters. The molecule has 20 heavy (non-hydrogen) atoms. The largest absolute Gasteiger partial charge is 0.306 e. The Morgan fingerprint density at radius 1 is 1.40 bits per heavy atom. The van der Waals surface area contributed by atoms with E-state index in [1.54, 1.807) is 0 Å². The molecule has 5 heteroatoms. The summed E-state index contributed by atoms with van der Waals surface area (Å²) >= 11 is 9.62. The molecule has 3 nitrogen and oxygen atoms in total. The number of rotatable bonds is 2. The Morgan fingerprint density at radius 2 is 2.25 bits per heavy atom. The molecule has 0 amide bonds. The Kier molecular flexibility index (Phi) is 4.15. The fraction of sp³-hybridized carbons (Fsp3) is 0.400. The van der Waals surface area contributed by atoms with Gasteiger partial charge < -0.3 is 9.88 Å². The predicted octanol–water partition coefficient (Wildman–Crippen LogP) is 4.49. The van der Waals surface area contributed by atoms with Crippen LogP contribution in [0.15, 0.2) is 35.2 Å². The summed E-state index contributed by atoms with van der Waals surface area (Å²) < 4.78 is 3.03. The van der Waals surface area contributed by atoms with Crippen LogP contribution >= 0.6 is 27.5 Å². The van der Waals surface area contributed by atoms with Gasteiger partial charge in [-0.1, -0.05) is 11.6 Å². The Labute approximate surface area is 132 Å². The van der Waals surface area contributed by atoms with Gasteiger partial charge in [0.15, 0.2) is 0 Å². The first-order valence-corrected chi connectivity index (χ1v) is 8.06. The molecule has 0 radical (unpaired) electrons. The van der Waals surface area contributed by atoms with E-state index in [-0.39, 0.29) is 0 Å². The third kappa shape index (κ3) is 2.78. The van der Waals surface area contributed by atoms with E-state index in [0.29, 0.717) is 17.1 Å². The molecule has 0 aliphatic carbocycles. The highest BCUT2D eigenvalue weighted by molar-refractivity contribution is 9.10. The van der Waals surface area contributed by atoms with Gasteiger partial charge in [-0.15, -0.1) is 0 Å². The molecule has 1 aromatic heterocycles. The third-order valence-electron chi connectivity index (χ3n) is 3.82. The van der Waals surface area contributed by atoms with Crippen molar-refractivity contribution in [1.82, 2.24) is 14.9 Å². The molecule has 1 aliphatic heterocycles. The van der Waals surface area contributed by atoms with E-state index in [2.05, 4.69) is 37.7 Å². The van der Waals surface area contributed by atoms with Gasteiger partial charge in [-0.2, -0.15) is 0 Å². The van der Waals surface area contributed by atoms with Crippen molar-refractivity contribution in [3.63, 3.8) is 0 Å².